The number of benzene rings is 1. The molecule has 0 fully saturated rings. The summed E-state index contributed by atoms with van der Waals surface area (Å²) in [6.07, 6.45) is 1.50. The van der Waals surface area contributed by atoms with Crippen molar-refractivity contribution in [1.29, 1.82) is 0 Å². The zero-order chi connectivity index (χ0) is 12.2. The van der Waals surface area contributed by atoms with Gasteiger partial charge in [-0.25, -0.2) is 0 Å². The van der Waals surface area contributed by atoms with Gasteiger partial charge in [0.25, 0.3) is 0 Å². The summed E-state index contributed by atoms with van der Waals surface area (Å²) in [5, 5.41) is 9.01. The molecule has 87 valence electrons. The number of rotatable bonds is 5. The Bertz CT molecular complexity index is 453. The van der Waals surface area contributed by atoms with E-state index in [9.17, 15) is 13.2 Å². The molecule has 0 bridgehead atoms. The van der Waals surface area contributed by atoms with Crippen LogP contribution in [-0.4, -0.2) is 30.4 Å². The predicted octanol–water partition coefficient (Wildman–Crippen LogP) is -0.195. The van der Waals surface area contributed by atoms with Crippen LogP contribution in [0.5, 0.6) is 5.75 Å². The van der Waals surface area contributed by atoms with Crippen molar-refractivity contribution in [2.45, 2.75) is 12.5 Å². The van der Waals surface area contributed by atoms with Gasteiger partial charge in [0.2, 0.25) is 6.29 Å². The van der Waals surface area contributed by atoms with Crippen molar-refractivity contribution in [3.05, 3.63) is 29.8 Å². The van der Waals surface area contributed by atoms with Crippen LogP contribution < -0.4 is 4.72 Å². The fraction of sp³-hybridized carbons (Fsp3) is 0.222. The van der Waals surface area contributed by atoms with Crippen molar-refractivity contribution in [3.63, 3.8) is 0 Å². The van der Waals surface area contributed by atoms with Crippen LogP contribution in [0.15, 0.2) is 24.3 Å². The van der Waals surface area contributed by atoms with Crippen LogP contribution in [0.3, 0.4) is 0 Å². The molecular formula is C9H10NO5S. The first-order chi connectivity index (χ1) is 7.40. The Morgan fingerprint density at radius 1 is 1.31 bits per heavy atom. The highest BCUT2D eigenvalue weighted by Crippen LogP contribution is 2.11. The van der Waals surface area contributed by atoms with E-state index in [0.29, 0.717) is 5.56 Å². The van der Waals surface area contributed by atoms with Crippen molar-refractivity contribution in [2.75, 3.05) is 0 Å². The van der Waals surface area contributed by atoms with Crippen molar-refractivity contribution >= 4 is 16.6 Å². The molecule has 0 heterocycles. The molecule has 0 aliphatic rings. The zero-order valence-electron chi connectivity index (χ0n) is 8.12. The summed E-state index contributed by atoms with van der Waals surface area (Å²) in [4.78, 5) is 10.4. The van der Waals surface area contributed by atoms with Gasteiger partial charge in [-0.3, -0.25) is 9.35 Å². The Morgan fingerprint density at radius 3 is 2.31 bits per heavy atom. The van der Waals surface area contributed by atoms with Gasteiger partial charge in [-0.05, 0) is 24.1 Å². The maximum absolute atomic E-state index is 10.5. The molecule has 1 atom stereocenters. The van der Waals surface area contributed by atoms with Crippen molar-refractivity contribution in [1.82, 2.24) is 4.72 Å². The summed E-state index contributed by atoms with van der Waals surface area (Å²) in [6.45, 7) is 0. The van der Waals surface area contributed by atoms with E-state index in [1.54, 1.807) is 4.72 Å². The summed E-state index contributed by atoms with van der Waals surface area (Å²) in [6, 6.07) is 4.73. The zero-order valence-corrected chi connectivity index (χ0v) is 8.94. The lowest BCUT2D eigenvalue weighted by molar-refractivity contribution is 0.456. The second-order valence-corrected chi connectivity index (χ2v) is 4.32. The topological polar surface area (TPSA) is 104 Å². The van der Waals surface area contributed by atoms with Gasteiger partial charge in [0, 0.05) is 0 Å². The standard InChI is InChI=1S/C9H10NO5S/c11-6-8(10-16(13,14)15)5-7-1-3-9(12)4-2-7/h1-4,8,10,12H,5H2,(H,13,14,15). The lowest BCUT2D eigenvalue weighted by atomic mass is 10.1. The second kappa shape index (κ2) is 5.06. The molecule has 0 amide bonds. The normalized spacial score (nSPS) is 13.3. The number of phenolic OH excluding ortho intramolecular Hbond substituents is 1. The van der Waals surface area contributed by atoms with Crippen LogP contribution >= 0.6 is 0 Å². The molecule has 0 saturated heterocycles. The second-order valence-electron chi connectivity index (χ2n) is 3.13. The summed E-state index contributed by atoms with van der Waals surface area (Å²) >= 11 is 0. The van der Waals surface area contributed by atoms with Crippen molar-refractivity contribution < 1.29 is 22.9 Å². The Kier molecular flexibility index (Phi) is 3.99. The minimum atomic E-state index is -4.43. The molecule has 1 aromatic carbocycles. The number of carbonyl (C=O) groups excluding carboxylic acids is 1. The van der Waals surface area contributed by atoms with E-state index in [1.807, 2.05) is 0 Å². The van der Waals surface area contributed by atoms with Gasteiger partial charge in [-0.1, -0.05) is 12.1 Å². The first kappa shape index (κ1) is 12.6. The third-order valence-corrected chi connectivity index (χ3v) is 2.39. The van der Waals surface area contributed by atoms with E-state index in [2.05, 4.69) is 0 Å². The van der Waals surface area contributed by atoms with Crippen LogP contribution in [0.25, 0.3) is 0 Å². The molecule has 1 unspecified atom stereocenters. The van der Waals surface area contributed by atoms with E-state index in [1.165, 1.54) is 30.6 Å². The highest BCUT2D eigenvalue weighted by molar-refractivity contribution is 7.83. The number of hydrogen-bond acceptors (Lipinski definition) is 4. The number of phenols is 1. The maximum Gasteiger partial charge on any atom is 0.334 e. The van der Waals surface area contributed by atoms with Gasteiger partial charge in [-0.15, -0.1) is 0 Å². The molecule has 0 spiro atoms. The van der Waals surface area contributed by atoms with Gasteiger partial charge >= 0.3 is 10.3 Å². The number of aromatic hydroxyl groups is 1. The van der Waals surface area contributed by atoms with Crippen LogP contribution in [0.4, 0.5) is 0 Å². The fourth-order valence-electron chi connectivity index (χ4n) is 1.15. The van der Waals surface area contributed by atoms with Crippen LogP contribution in [0.2, 0.25) is 0 Å². The third kappa shape index (κ3) is 4.39. The average Bonchev–Trinajstić information content (AvgIpc) is 2.18. The molecule has 0 aromatic heterocycles. The molecule has 1 aromatic rings. The van der Waals surface area contributed by atoms with Gasteiger partial charge in [0.05, 0.1) is 6.04 Å². The fourth-order valence-corrected chi connectivity index (χ4v) is 1.65. The summed E-state index contributed by atoms with van der Waals surface area (Å²) in [7, 11) is -4.43. The molecule has 6 nitrogen and oxygen atoms in total. The van der Waals surface area contributed by atoms with E-state index < -0.39 is 16.3 Å². The molecule has 1 radical (unpaired) electrons. The molecule has 0 aliphatic heterocycles. The quantitative estimate of drug-likeness (QED) is 0.622. The molecule has 16 heavy (non-hydrogen) atoms. The smallest absolute Gasteiger partial charge is 0.334 e. The summed E-state index contributed by atoms with van der Waals surface area (Å²) in [5.41, 5.74) is 0.627. The van der Waals surface area contributed by atoms with E-state index in [0.717, 1.165) is 0 Å². The Labute approximate surface area is 92.8 Å². The molecule has 3 N–H and O–H groups in total. The lowest BCUT2D eigenvalue weighted by Gasteiger charge is -2.09. The predicted molar refractivity (Wildman–Crippen MR) is 56.0 cm³/mol. The van der Waals surface area contributed by atoms with Gasteiger partial charge in [0.1, 0.15) is 5.75 Å². The summed E-state index contributed by atoms with van der Waals surface area (Å²) in [5.74, 6) is 0.0677. The van der Waals surface area contributed by atoms with Gasteiger partial charge in [0.15, 0.2) is 0 Å². The maximum atomic E-state index is 10.5. The van der Waals surface area contributed by atoms with Crippen LogP contribution in [0.1, 0.15) is 5.56 Å². The molecule has 7 heteroatoms. The van der Waals surface area contributed by atoms with Crippen LogP contribution in [0, 0.1) is 0 Å². The van der Waals surface area contributed by atoms with Gasteiger partial charge < -0.3 is 5.11 Å². The minimum Gasteiger partial charge on any atom is -0.508 e. The number of nitrogens with one attached hydrogen (secondary N) is 1. The van der Waals surface area contributed by atoms with Crippen molar-refractivity contribution in [2.24, 2.45) is 0 Å². The molecule has 1 rings (SSSR count). The number of hydrogen-bond donors (Lipinski definition) is 3. The monoisotopic (exact) mass is 244 g/mol. The summed E-state index contributed by atoms with van der Waals surface area (Å²) < 4.78 is 31.1. The van der Waals surface area contributed by atoms with Crippen molar-refractivity contribution in [3.8, 4) is 5.75 Å². The minimum absolute atomic E-state index is 0.0452. The Balaban J connectivity index is 2.70. The highest BCUT2D eigenvalue weighted by atomic mass is 32.2. The molecular weight excluding hydrogens is 234 g/mol. The first-order valence-corrected chi connectivity index (χ1v) is 5.75. The Hall–Kier alpha value is -1.44. The van der Waals surface area contributed by atoms with Gasteiger partial charge in [-0.2, -0.15) is 13.1 Å². The first-order valence-electron chi connectivity index (χ1n) is 4.31. The third-order valence-electron chi connectivity index (χ3n) is 1.81. The molecule has 0 aliphatic carbocycles. The van der Waals surface area contributed by atoms with E-state index in [4.69, 9.17) is 9.66 Å². The molecule has 0 saturated carbocycles. The van der Waals surface area contributed by atoms with E-state index >= 15 is 0 Å². The Morgan fingerprint density at radius 2 is 1.88 bits per heavy atom. The highest BCUT2D eigenvalue weighted by Gasteiger charge is 2.15. The van der Waals surface area contributed by atoms with Crippen LogP contribution in [-0.2, 0) is 21.5 Å². The lowest BCUT2D eigenvalue weighted by Crippen LogP contribution is -2.37. The van der Waals surface area contributed by atoms with E-state index in [-0.39, 0.29) is 12.2 Å². The average molecular weight is 244 g/mol. The SMILES string of the molecule is O=[C]C(Cc1ccc(O)cc1)NS(=O)(=O)O. The largest absolute Gasteiger partial charge is 0.508 e.